The summed E-state index contributed by atoms with van der Waals surface area (Å²) in [5.74, 6) is 1.66. The zero-order chi connectivity index (χ0) is 25.1. The van der Waals surface area contributed by atoms with Gasteiger partial charge in [0.25, 0.3) is 0 Å². The number of amides is 1. The van der Waals surface area contributed by atoms with Gasteiger partial charge >= 0.3 is 0 Å². The summed E-state index contributed by atoms with van der Waals surface area (Å²) >= 11 is 0. The number of piperidine rings is 1. The molecule has 1 amide bonds. The van der Waals surface area contributed by atoms with Gasteiger partial charge in [0, 0.05) is 38.2 Å². The van der Waals surface area contributed by atoms with Gasteiger partial charge in [0.1, 0.15) is 6.33 Å². The van der Waals surface area contributed by atoms with Gasteiger partial charge in [-0.3, -0.25) is 4.79 Å². The quantitative estimate of drug-likeness (QED) is 0.549. The van der Waals surface area contributed by atoms with Crippen molar-refractivity contribution < 1.29 is 4.79 Å². The van der Waals surface area contributed by atoms with Gasteiger partial charge in [-0.1, -0.05) is 39.8 Å². The Morgan fingerprint density at radius 3 is 2.46 bits per heavy atom. The summed E-state index contributed by atoms with van der Waals surface area (Å²) in [6.45, 7) is 12.2. The van der Waals surface area contributed by atoms with E-state index in [0.717, 1.165) is 62.7 Å². The lowest BCUT2D eigenvalue weighted by molar-refractivity contribution is -0.120. The zero-order valence-corrected chi connectivity index (χ0v) is 22.2. The number of nitrogens with zero attached hydrogens (tertiary/aromatic N) is 4. The molecule has 1 aliphatic carbocycles. The molecule has 190 valence electrons. The summed E-state index contributed by atoms with van der Waals surface area (Å²) in [7, 11) is 1.69. The van der Waals surface area contributed by atoms with E-state index in [1.165, 1.54) is 24.0 Å². The van der Waals surface area contributed by atoms with Crippen molar-refractivity contribution in [3.05, 3.63) is 35.7 Å². The highest BCUT2D eigenvalue weighted by molar-refractivity contribution is 5.75. The highest BCUT2D eigenvalue weighted by atomic mass is 16.1. The number of fused-ring (bicyclic) bond motifs is 1. The molecule has 0 spiro atoms. The predicted octanol–water partition coefficient (Wildman–Crippen LogP) is 4.36. The molecule has 1 fully saturated rings. The number of benzene rings is 1. The molecule has 35 heavy (non-hydrogen) atoms. The van der Waals surface area contributed by atoms with Crippen molar-refractivity contribution in [2.75, 3.05) is 31.6 Å². The third-order valence-electron chi connectivity index (χ3n) is 7.99. The van der Waals surface area contributed by atoms with E-state index >= 15 is 0 Å². The van der Waals surface area contributed by atoms with Crippen LogP contribution in [0.4, 0.5) is 5.95 Å². The van der Waals surface area contributed by atoms with Crippen LogP contribution < -0.4 is 15.5 Å². The highest BCUT2D eigenvalue weighted by Gasteiger charge is 2.37. The van der Waals surface area contributed by atoms with Gasteiger partial charge in [-0.05, 0) is 73.1 Å². The average Bonchev–Trinajstić information content (AvgIpc) is 2.87. The van der Waals surface area contributed by atoms with Gasteiger partial charge in [0.15, 0.2) is 5.82 Å². The Kier molecular flexibility index (Phi) is 7.74. The zero-order valence-electron chi connectivity index (χ0n) is 22.2. The minimum Gasteiger partial charge on any atom is -0.359 e. The fourth-order valence-electron chi connectivity index (χ4n) is 5.43. The van der Waals surface area contributed by atoms with Gasteiger partial charge < -0.3 is 15.5 Å². The van der Waals surface area contributed by atoms with Crippen molar-refractivity contribution in [2.24, 2.45) is 0 Å². The predicted molar refractivity (Wildman–Crippen MR) is 142 cm³/mol. The Bertz CT molecular complexity index is 1030. The maximum absolute atomic E-state index is 11.3. The van der Waals surface area contributed by atoms with Gasteiger partial charge in [-0.2, -0.15) is 4.98 Å². The molecule has 1 aromatic carbocycles. The van der Waals surface area contributed by atoms with Crippen LogP contribution in [0.3, 0.4) is 0 Å². The molecule has 0 unspecified atom stereocenters. The second-order valence-electron chi connectivity index (χ2n) is 11.5. The number of aromatic nitrogens is 3. The molecule has 2 aromatic rings. The lowest BCUT2D eigenvalue weighted by atomic mass is 9.63. The monoisotopic (exact) mass is 478 g/mol. The lowest BCUT2D eigenvalue weighted by Crippen LogP contribution is -2.43. The van der Waals surface area contributed by atoms with E-state index in [4.69, 9.17) is 4.98 Å². The third-order valence-corrected chi connectivity index (χ3v) is 7.99. The van der Waals surface area contributed by atoms with Crippen molar-refractivity contribution in [2.45, 2.75) is 89.5 Å². The first-order chi connectivity index (χ1) is 16.7. The second kappa shape index (κ2) is 10.6. The lowest BCUT2D eigenvalue weighted by Gasteiger charge is -2.42. The molecule has 1 aliphatic heterocycles. The molecule has 1 saturated heterocycles. The molecule has 2 aliphatic rings. The topological polar surface area (TPSA) is 83.0 Å². The number of hydrogen-bond donors (Lipinski definition) is 2. The molecule has 2 heterocycles. The molecule has 7 nitrogen and oxygen atoms in total. The Hall–Kier alpha value is -2.54. The molecule has 0 bridgehead atoms. The van der Waals surface area contributed by atoms with E-state index in [-0.39, 0.29) is 16.7 Å². The van der Waals surface area contributed by atoms with Gasteiger partial charge in [0.2, 0.25) is 11.9 Å². The molecule has 2 N–H and O–H groups in total. The van der Waals surface area contributed by atoms with Gasteiger partial charge in [0.05, 0.1) is 0 Å². The van der Waals surface area contributed by atoms with Gasteiger partial charge in [-0.15, -0.1) is 0 Å². The summed E-state index contributed by atoms with van der Waals surface area (Å²) in [5.41, 5.74) is 4.32. The third kappa shape index (κ3) is 6.00. The normalized spacial score (nSPS) is 19.3. The first kappa shape index (κ1) is 25.5. The summed E-state index contributed by atoms with van der Waals surface area (Å²) in [6, 6.07) is 7.30. The number of rotatable bonds is 8. The summed E-state index contributed by atoms with van der Waals surface area (Å²) in [4.78, 5) is 27.5. The van der Waals surface area contributed by atoms with Crippen molar-refractivity contribution in [1.82, 2.24) is 25.6 Å². The van der Waals surface area contributed by atoms with E-state index in [9.17, 15) is 4.79 Å². The number of unbranched alkanes of at least 4 members (excludes halogenated alkanes) is 1. The van der Waals surface area contributed by atoms with Crippen LogP contribution in [-0.4, -0.2) is 53.6 Å². The number of hydrogen-bond acceptors (Lipinski definition) is 6. The van der Waals surface area contributed by atoms with Crippen LogP contribution in [0.15, 0.2) is 24.5 Å². The molecule has 7 heteroatoms. The van der Waals surface area contributed by atoms with Crippen LogP contribution in [0.5, 0.6) is 0 Å². The molecule has 0 radical (unpaired) electrons. The Balaban J connectivity index is 1.37. The Morgan fingerprint density at radius 2 is 1.74 bits per heavy atom. The minimum absolute atomic E-state index is 0.123. The molecular weight excluding hydrogens is 436 g/mol. The smallest absolute Gasteiger partial charge is 0.228 e. The van der Waals surface area contributed by atoms with Crippen molar-refractivity contribution in [3.63, 3.8) is 0 Å². The standard InChI is InChI=1S/C28H42N6O/c1-27(2)13-14-28(3,4)23-18-20(9-10-22(23)27)25-31-19-32-26(33-25)34-16-11-21(12-17-34)30-15-7-6-8-24(35)29-5/h9-10,18-19,21,30H,6-8,11-17H2,1-5H3,(H,29,35). The van der Waals surface area contributed by atoms with Crippen LogP contribution >= 0.6 is 0 Å². The van der Waals surface area contributed by atoms with E-state index in [1.807, 2.05) is 0 Å². The summed E-state index contributed by atoms with van der Waals surface area (Å²) < 4.78 is 0. The summed E-state index contributed by atoms with van der Waals surface area (Å²) in [5, 5.41) is 6.33. The number of carbonyl (C=O) groups is 1. The SMILES string of the molecule is CNC(=O)CCCCNC1CCN(c2ncnc(-c3ccc4c(c3)C(C)(C)CCC4(C)C)n2)CC1. The van der Waals surface area contributed by atoms with E-state index < -0.39 is 0 Å². The average molecular weight is 479 g/mol. The van der Waals surface area contributed by atoms with Crippen LogP contribution in [0, 0.1) is 0 Å². The number of carbonyl (C=O) groups excluding carboxylic acids is 1. The largest absolute Gasteiger partial charge is 0.359 e. The fraction of sp³-hybridized carbons (Fsp3) is 0.643. The maximum atomic E-state index is 11.3. The van der Waals surface area contributed by atoms with Crippen LogP contribution in [0.2, 0.25) is 0 Å². The van der Waals surface area contributed by atoms with Crippen molar-refractivity contribution in [3.8, 4) is 11.4 Å². The van der Waals surface area contributed by atoms with E-state index in [0.29, 0.717) is 12.5 Å². The second-order valence-corrected chi connectivity index (χ2v) is 11.5. The first-order valence-corrected chi connectivity index (χ1v) is 13.2. The van der Waals surface area contributed by atoms with Crippen LogP contribution in [0.1, 0.15) is 83.8 Å². The molecular formula is C28H42N6O. The van der Waals surface area contributed by atoms with Crippen LogP contribution in [0.25, 0.3) is 11.4 Å². The molecule has 4 rings (SSSR count). The number of anilines is 1. The summed E-state index contributed by atoms with van der Waals surface area (Å²) in [6.07, 6.45) is 8.76. The highest BCUT2D eigenvalue weighted by Crippen LogP contribution is 2.46. The first-order valence-electron chi connectivity index (χ1n) is 13.2. The molecule has 1 aromatic heterocycles. The molecule has 0 saturated carbocycles. The van der Waals surface area contributed by atoms with E-state index in [2.05, 4.69) is 71.4 Å². The van der Waals surface area contributed by atoms with Crippen molar-refractivity contribution >= 4 is 11.9 Å². The van der Waals surface area contributed by atoms with Crippen LogP contribution in [-0.2, 0) is 15.6 Å². The van der Waals surface area contributed by atoms with E-state index in [1.54, 1.807) is 13.4 Å². The molecule has 0 atom stereocenters. The Morgan fingerprint density at radius 1 is 1.03 bits per heavy atom. The number of nitrogens with one attached hydrogen (secondary N) is 2. The Labute approximate surface area is 210 Å². The fourth-order valence-corrected chi connectivity index (χ4v) is 5.43. The van der Waals surface area contributed by atoms with Gasteiger partial charge in [-0.25, -0.2) is 9.97 Å². The minimum atomic E-state index is 0.123. The maximum Gasteiger partial charge on any atom is 0.228 e. The van der Waals surface area contributed by atoms with Crippen molar-refractivity contribution in [1.29, 1.82) is 0 Å².